The van der Waals surface area contributed by atoms with Gasteiger partial charge in [0.15, 0.2) is 0 Å². The average molecular weight is 394 g/mol. The Morgan fingerprint density at radius 3 is 2.26 bits per heavy atom. The molecule has 0 heterocycles. The number of aliphatic carboxylic acids is 1. The molecule has 148 valence electrons. The Labute approximate surface area is 159 Å². The standard InChI is InChI=1S/C19H26N2O5S/c1-21(15-5-3-2-4-6-15)27(25,26)16-9-7-14(8-10-16)17(22)20-13-19(11-12-19)18(23)24/h7-10,15H,2-6,11-13H2,1H3,(H,20,22)(H,23,24). The van der Waals surface area contributed by atoms with Gasteiger partial charge in [0.05, 0.1) is 10.3 Å². The monoisotopic (exact) mass is 394 g/mol. The van der Waals surface area contributed by atoms with Crippen LogP contribution in [0.3, 0.4) is 0 Å². The fraction of sp³-hybridized carbons (Fsp3) is 0.579. The maximum absolute atomic E-state index is 12.8. The van der Waals surface area contributed by atoms with Gasteiger partial charge in [0, 0.05) is 25.2 Å². The molecule has 2 fully saturated rings. The smallest absolute Gasteiger partial charge is 0.311 e. The van der Waals surface area contributed by atoms with E-state index in [1.54, 1.807) is 7.05 Å². The van der Waals surface area contributed by atoms with Gasteiger partial charge in [0.2, 0.25) is 10.0 Å². The molecule has 0 aliphatic heterocycles. The van der Waals surface area contributed by atoms with Crippen molar-refractivity contribution in [2.24, 2.45) is 5.41 Å². The Balaban J connectivity index is 1.65. The van der Waals surface area contributed by atoms with Crippen LogP contribution in [0.1, 0.15) is 55.3 Å². The molecule has 1 aromatic rings. The molecule has 0 atom stereocenters. The first-order chi connectivity index (χ1) is 12.8. The van der Waals surface area contributed by atoms with Crippen LogP contribution in [0.25, 0.3) is 0 Å². The summed E-state index contributed by atoms with van der Waals surface area (Å²) < 4.78 is 27.1. The van der Waals surface area contributed by atoms with E-state index in [0.717, 1.165) is 32.1 Å². The van der Waals surface area contributed by atoms with E-state index >= 15 is 0 Å². The summed E-state index contributed by atoms with van der Waals surface area (Å²) in [7, 11) is -1.98. The number of rotatable bonds is 7. The molecule has 1 amide bonds. The van der Waals surface area contributed by atoms with Gasteiger partial charge < -0.3 is 10.4 Å². The molecule has 2 aliphatic carbocycles. The first kappa shape index (κ1) is 19.8. The van der Waals surface area contributed by atoms with Crippen LogP contribution in [0.4, 0.5) is 0 Å². The van der Waals surface area contributed by atoms with E-state index in [-0.39, 0.29) is 17.5 Å². The molecule has 0 radical (unpaired) electrons. The molecule has 1 aromatic carbocycles. The average Bonchev–Trinajstić information content (AvgIpc) is 3.47. The summed E-state index contributed by atoms with van der Waals surface area (Å²) in [6.45, 7) is 0.0889. The predicted octanol–water partition coefficient (Wildman–Crippen LogP) is 2.23. The highest BCUT2D eigenvalue weighted by molar-refractivity contribution is 7.89. The molecule has 0 saturated heterocycles. The number of carboxylic acid groups (broad SMARTS) is 1. The first-order valence-electron chi connectivity index (χ1n) is 9.36. The SMILES string of the molecule is CN(C1CCCCC1)S(=O)(=O)c1ccc(C(=O)NCC2(C(=O)O)CC2)cc1. The second kappa shape index (κ2) is 7.59. The zero-order valence-electron chi connectivity index (χ0n) is 15.5. The van der Waals surface area contributed by atoms with E-state index in [9.17, 15) is 18.0 Å². The van der Waals surface area contributed by atoms with Crippen molar-refractivity contribution in [1.82, 2.24) is 9.62 Å². The van der Waals surface area contributed by atoms with E-state index < -0.39 is 27.3 Å². The number of amides is 1. The van der Waals surface area contributed by atoms with E-state index in [0.29, 0.717) is 18.4 Å². The van der Waals surface area contributed by atoms with E-state index in [4.69, 9.17) is 5.11 Å². The van der Waals surface area contributed by atoms with Gasteiger partial charge in [-0.2, -0.15) is 4.31 Å². The Bertz CT molecular complexity index is 809. The molecule has 0 aromatic heterocycles. The van der Waals surface area contributed by atoms with Crippen molar-refractivity contribution in [3.05, 3.63) is 29.8 Å². The van der Waals surface area contributed by atoms with Crippen LogP contribution in [0.5, 0.6) is 0 Å². The predicted molar refractivity (Wildman–Crippen MR) is 99.9 cm³/mol. The van der Waals surface area contributed by atoms with Crippen LogP contribution in [-0.2, 0) is 14.8 Å². The molecule has 2 saturated carbocycles. The van der Waals surface area contributed by atoms with Gasteiger partial charge in [-0.15, -0.1) is 0 Å². The fourth-order valence-electron chi connectivity index (χ4n) is 3.55. The van der Waals surface area contributed by atoms with Crippen molar-refractivity contribution in [2.45, 2.75) is 55.9 Å². The van der Waals surface area contributed by atoms with Crippen molar-refractivity contribution >= 4 is 21.9 Å². The van der Waals surface area contributed by atoms with Crippen LogP contribution in [0, 0.1) is 5.41 Å². The summed E-state index contributed by atoms with van der Waals surface area (Å²) in [6, 6.07) is 5.84. The number of hydrogen-bond donors (Lipinski definition) is 2. The lowest BCUT2D eigenvalue weighted by Gasteiger charge is -2.30. The van der Waals surface area contributed by atoms with Crippen LogP contribution >= 0.6 is 0 Å². The number of carbonyl (C=O) groups excluding carboxylic acids is 1. The van der Waals surface area contributed by atoms with Gasteiger partial charge >= 0.3 is 5.97 Å². The molecular formula is C19H26N2O5S. The van der Waals surface area contributed by atoms with Crippen molar-refractivity contribution in [2.75, 3.05) is 13.6 Å². The fourth-order valence-corrected chi connectivity index (χ4v) is 4.97. The number of nitrogens with zero attached hydrogens (tertiary/aromatic N) is 1. The second-order valence-electron chi connectivity index (χ2n) is 7.61. The number of hydrogen-bond acceptors (Lipinski definition) is 4. The van der Waals surface area contributed by atoms with Gasteiger partial charge in [-0.1, -0.05) is 19.3 Å². The van der Waals surface area contributed by atoms with Gasteiger partial charge in [-0.05, 0) is 49.9 Å². The lowest BCUT2D eigenvalue weighted by Crippen LogP contribution is -2.38. The minimum atomic E-state index is -3.59. The largest absolute Gasteiger partial charge is 0.481 e. The molecule has 27 heavy (non-hydrogen) atoms. The zero-order chi connectivity index (χ0) is 19.7. The van der Waals surface area contributed by atoms with Crippen LogP contribution in [0.2, 0.25) is 0 Å². The number of carboxylic acids is 1. The van der Waals surface area contributed by atoms with Crippen molar-refractivity contribution in [1.29, 1.82) is 0 Å². The third kappa shape index (κ3) is 4.16. The van der Waals surface area contributed by atoms with Gasteiger partial charge in [0.25, 0.3) is 5.91 Å². The number of benzene rings is 1. The quantitative estimate of drug-likeness (QED) is 0.738. The van der Waals surface area contributed by atoms with E-state index in [1.807, 2.05) is 0 Å². The molecule has 0 bridgehead atoms. The maximum Gasteiger partial charge on any atom is 0.311 e. The molecule has 2 N–H and O–H groups in total. The zero-order valence-corrected chi connectivity index (χ0v) is 16.3. The van der Waals surface area contributed by atoms with Crippen LogP contribution in [-0.4, -0.2) is 49.3 Å². The molecule has 7 nitrogen and oxygen atoms in total. The molecule has 8 heteroatoms. The van der Waals surface area contributed by atoms with Gasteiger partial charge in [-0.3, -0.25) is 9.59 Å². The topological polar surface area (TPSA) is 104 Å². The highest BCUT2D eigenvalue weighted by Crippen LogP contribution is 2.45. The van der Waals surface area contributed by atoms with Gasteiger partial charge in [-0.25, -0.2) is 8.42 Å². The van der Waals surface area contributed by atoms with Crippen LogP contribution in [0.15, 0.2) is 29.2 Å². The molecule has 2 aliphatic rings. The normalized spacial score (nSPS) is 19.6. The Morgan fingerprint density at radius 1 is 1.15 bits per heavy atom. The lowest BCUT2D eigenvalue weighted by molar-refractivity contribution is -0.143. The van der Waals surface area contributed by atoms with Crippen molar-refractivity contribution in [3.8, 4) is 0 Å². The first-order valence-corrected chi connectivity index (χ1v) is 10.8. The second-order valence-corrected chi connectivity index (χ2v) is 9.60. The highest BCUT2D eigenvalue weighted by atomic mass is 32.2. The Hall–Kier alpha value is -1.93. The van der Waals surface area contributed by atoms with E-state index in [2.05, 4.69) is 5.32 Å². The lowest BCUT2D eigenvalue weighted by atomic mass is 9.96. The Kier molecular flexibility index (Phi) is 5.58. The summed E-state index contributed by atoms with van der Waals surface area (Å²) in [5.74, 6) is -1.29. The molecule has 0 unspecified atom stereocenters. The van der Waals surface area contributed by atoms with Crippen molar-refractivity contribution in [3.63, 3.8) is 0 Å². The molecule has 3 rings (SSSR count). The minimum Gasteiger partial charge on any atom is -0.481 e. The number of carbonyl (C=O) groups is 2. The summed E-state index contributed by atoms with van der Waals surface area (Å²) in [6.07, 6.45) is 6.12. The summed E-state index contributed by atoms with van der Waals surface area (Å²) in [5.41, 5.74) is -0.516. The van der Waals surface area contributed by atoms with Crippen molar-refractivity contribution < 1.29 is 23.1 Å². The summed E-state index contributed by atoms with van der Waals surface area (Å²) in [4.78, 5) is 23.5. The highest BCUT2D eigenvalue weighted by Gasteiger charge is 2.50. The third-order valence-electron chi connectivity index (χ3n) is 5.78. The number of sulfonamides is 1. The third-order valence-corrected chi connectivity index (χ3v) is 7.70. The molecule has 0 spiro atoms. The van der Waals surface area contributed by atoms with E-state index in [1.165, 1.54) is 28.6 Å². The molecular weight excluding hydrogens is 368 g/mol. The number of nitrogens with one attached hydrogen (secondary N) is 1. The minimum absolute atomic E-state index is 0.0254. The maximum atomic E-state index is 12.8. The summed E-state index contributed by atoms with van der Waals surface area (Å²) >= 11 is 0. The Morgan fingerprint density at radius 2 is 1.74 bits per heavy atom. The van der Waals surface area contributed by atoms with Crippen LogP contribution < -0.4 is 5.32 Å². The van der Waals surface area contributed by atoms with Gasteiger partial charge in [0.1, 0.15) is 0 Å². The summed E-state index contributed by atoms with van der Waals surface area (Å²) in [5, 5.41) is 11.8.